The molecular formula is C18H9ClF4N2O. The number of fused-ring (bicyclic) bond motifs is 2. The van der Waals surface area contributed by atoms with Gasteiger partial charge in [-0.25, -0.2) is 9.37 Å². The molecule has 0 unspecified atom stereocenters. The van der Waals surface area contributed by atoms with Crippen molar-refractivity contribution in [3.63, 3.8) is 0 Å². The molecule has 4 aromatic rings. The first-order valence-electron chi connectivity index (χ1n) is 7.44. The summed E-state index contributed by atoms with van der Waals surface area (Å²) < 4.78 is 55.7. The van der Waals surface area contributed by atoms with Crippen LogP contribution < -0.4 is 4.74 Å². The van der Waals surface area contributed by atoms with Gasteiger partial charge in [-0.15, -0.1) is 13.2 Å². The van der Waals surface area contributed by atoms with E-state index < -0.39 is 17.9 Å². The van der Waals surface area contributed by atoms with Crippen molar-refractivity contribution in [3.05, 3.63) is 59.4 Å². The molecule has 3 nitrogen and oxygen atoms in total. The molecule has 0 saturated carbocycles. The normalized spacial score (nSPS) is 12.0. The molecule has 0 radical (unpaired) electrons. The fourth-order valence-electron chi connectivity index (χ4n) is 2.76. The van der Waals surface area contributed by atoms with E-state index in [0.29, 0.717) is 16.1 Å². The van der Waals surface area contributed by atoms with Gasteiger partial charge in [-0.2, -0.15) is 0 Å². The minimum absolute atomic E-state index is 0.0252. The summed E-state index contributed by atoms with van der Waals surface area (Å²) in [7, 11) is 0. The Morgan fingerprint density at radius 3 is 2.62 bits per heavy atom. The van der Waals surface area contributed by atoms with E-state index in [1.165, 1.54) is 6.07 Å². The molecule has 4 rings (SSSR count). The Balaban J connectivity index is 1.84. The van der Waals surface area contributed by atoms with E-state index in [-0.39, 0.29) is 16.8 Å². The topological polar surface area (TPSA) is 37.9 Å². The molecule has 0 amide bonds. The molecule has 1 N–H and O–H groups in total. The van der Waals surface area contributed by atoms with Gasteiger partial charge in [-0.05, 0) is 30.3 Å². The van der Waals surface area contributed by atoms with Crippen LogP contribution in [0.5, 0.6) is 5.75 Å². The van der Waals surface area contributed by atoms with E-state index in [1.807, 2.05) is 6.07 Å². The fraction of sp³-hybridized carbons (Fsp3) is 0.0556. The quantitative estimate of drug-likeness (QED) is 0.428. The number of aromatic nitrogens is 2. The van der Waals surface area contributed by atoms with Crippen LogP contribution in [0, 0.1) is 5.82 Å². The number of para-hydroxylation sites is 1. The SMILES string of the molecule is Fc1c(-c2ccc3cccc(Cl)c3n2)[nH]c2ccc(OC(F)(F)F)cc12. The van der Waals surface area contributed by atoms with Crippen molar-refractivity contribution in [3.8, 4) is 17.1 Å². The molecule has 0 bridgehead atoms. The number of benzene rings is 2. The highest BCUT2D eigenvalue weighted by Gasteiger charge is 2.31. The summed E-state index contributed by atoms with van der Waals surface area (Å²) in [6.45, 7) is 0. The average Bonchev–Trinajstić information content (AvgIpc) is 2.90. The lowest BCUT2D eigenvalue weighted by Gasteiger charge is -2.08. The smallest absolute Gasteiger partial charge is 0.406 e. The largest absolute Gasteiger partial charge is 0.573 e. The summed E-state index contributed by atoms with van der Waals surface area (Å²) in [5.74, 6) is -1.21. The number of hydrogen-bond acceptors (Lipinski definition) is 2. The Labute approximate surface area is 149 Å². The van der Waals surface area contributed by atoms with Crippen LogP contribution in [0.25, 0.3) is 33.2 Å². The summed E-state index contributed by atoms with van der Waals surface area (Å²) in [5, 5.41) is 1.18. The van der Waals surface area contributed by atoms with E-state index in [1.54, 1.807) is 24.3 Å². The Bertz CT molecular complexity index is 1140. The van der Waals surface area contributed by atoms with Crippen LogP contribution in [-0.2, 0) is 0 Å². The first-order valence-corrected chi connectivity index (χ1v) is 7.82. The summed E-state index contributed by atoms with van der Waals surface area (Å²) in [6.07, 6.45) is -4.85. The zero-order valence-electron chi connectivity index (χ0n) is 12.9. The third kappa shape index (κ3) is 2.94. The molecule has 132 valence electrons. The number of ether oxygens (including phenoxy) is 1. The van der Waals surface area contributed by atoms with E-state index >= 15 is 0 Å². The molecule has 2 heterocycles. The minimum atomic E-state index is -4.85. The van der Waals surface area contributed by atoms with Crippen LogP contribution in [0.1, 0.15) is 0 Å². The van der Waals surface area contributed by atoms with Crippen molar-refractivity contribution in [2.45, 2.75) is 6.36 Å². The molecule has 2 aromatic carbocycles. The van der Waals surface area contributed by atoms with Crippen molar-refractivity contribution in [2.24, 2.45) is 0 Å². The molecule has 0 spiro atoms. The van der Waals surface area contributed by atoms with Crippen LogP contribution in [-0.4, -0.2) is 16.3 Å². The number of H-pyrrole nitrogens is 1. The Morgan fingerprint density at radius 2 is 1.85 bits per heavy atom. The first-order chi connectivity index (χ1) is 12.3. The van der Waals surface area contributed by atoms with E-state index in [9.17, 15) is 17.6 Å². The molecule has 0 aliphatic rings. The molecule has 0 atom stereocenters. The summed E-state index contributed by atoms with van der Waals surface area (Å²) >= 11 is 6.13. The number of pyridine rings is 1. The number of halogens is 5. The van der Waals surface area contributed by atoms with Gasteiger partial charge in [-0.1, -0.05) is 29.8 Å². The number of rotatable bonds is 2. The van der Waals surface area contributed by atoms with E-state index in [4.69, 9.17) is 11.6 Å². The molecule has 0 aliphatic heterocycles. The maximum Gasteiger partial charge on any atom is 0.573 e. The third-order valence-electron chi connectivity index (χ3n) is 3.87. The predicted molar refractivity (Wildman–Crippen MR) is 90.7 cm³/mol. The molecule has 26 heavy (non-hydrogen) atoms. The molecule has 0 fully saturated rings. The van der Waals surface area contributed by atoms with Gasteiger partial charge in [-0.3, -0.25) is 0 Å². The minimum Gasteiger partial charge on any atom is -0.406 e. The van der Waals surface area contributed by atoms with Crippen molar-refractivity contribution in [1.29, 1.82) is 0 Å². The van der Waals surface area contributed by atoms with Crippen LogP contribution in [0.3, 0.4) is 0 Å². The zero-order chi connectivity index (χ0) is 18.5. The number of alkyl halides is 3. The summed E-state index contributed by atoms with van der Waals surface area (Å²) in [5.41, 5.74) is 1.18. The van der Waals surface area contributed by atoms with Crippen LogP contribution in [0.2, 0.25) is 5.02 Å². The van der Waals surface area contributed by atoms with Crippen molar-refractivity contribution < 1.29 is 22.3 Å². The fourth-order valence-corrected chi connectivity index (χ4v) is 2.99. The van der Waals surface area contributed by atoms with Gasteiger partial charge in [0.15, 0.2) is 5.82 Å². The van der Waals surface area contributed by atoms with Gasteiger partial charge in [0.25, 0.3) is 0 Å². The third-order valence-corrected chi connectivity index (χ3v) is 4.17. The van der Waals surface area contributed by atoms with Gasteiger partial charge in [0.05, 0.1) is 16.2 Å². The maximum atomic E-state index is 14.8. The Morgan fingerprint density at radius 1 is 1.04 bits per heavy atom. The highest BCUT2D eigenvalue weighted by atomic mass is 35.5. The van der Waals surface area contributed by atoms with E-state index in [0.717, 1.165) is 17.5 Å². The van der Waals surface area contributed by atoms with Gasteiger partial charge >= 0.3 is 6.36 Å². The predicted octanol–water partition coefficient (Wildman–Crippen LogP) is 6.07. The van der Waals surface area contributed by atoms with Gasteiger partial charge in [0, 0.05) is 16.3 Å². The van der Waals surface area contributed by atoms with Crippen molar-refractivity contribution in [1.82, 2.24) is 9.97 Å². The molecular weight excluding hydrogens is 372 g/mol. The lowest BCUT2D eigenvalue weighted by atomic mass is 10.1. The van der Waals surface area contributed by atoms with Crippen molar-refractivity contribution >= 4 is 33.4 Å². The highest BCUT2D eigenvalue weighted by Crippen LogP contribution is 2.33. The Kier molecular flexibility index (Phi) is 3.77. The monoisotopic (exact) mass is 380 g/mol. The molecule has 0 saturated heterocycles. The van der Waals surface area contributed by atoms with Crippen LogP contribution in [0.4, 0.5) is 17.6 Å². The average molecular weight is 381 g/mol. The maximum absolute atomic E-state index is 14.8. The lowest BCUT2D eigenvalue weighted by Crippen LogP contribution is -2.16. The summed E-state index contributed by atoms with van der Waals surface area (Å²) in [6, 6.07) is 12.0. The molecule has 2 aromatic heterocycles. The van der Waals surface area contributed by atoms with Crippen LogP contribution in [0.15, 0.2) is 48.5 Å². The molecule has 0 aliphatic carbocycles. The van der Waals surface area contributed by atoms with Crippen LogP contribution >= 0.6 is 11.6 Å². The standard InChI is InChI=1S/C18H9ClF4N2O/c19-12-3-1-2-9-4-6-14(25-16(9)12)17-15(20)11-8-10(26-18(21,22)23)5-7-13(11)24-17/h1-8,24H. The Hall–Kier alpha value is -2.80. The van der Waals surface area contributed by atoms with Gasteiger partial charge in [0.2, 0.25) is 0 Å². The van der Waals surface area contributed by atoms with E-state index in [2.05, 4.69) is 14.7 Å². The van der Waals surface area contributed by atoms with Gasteiger partial charge < -0.3 is 9.72 Å². The second-order valence-corrected chi connectivity index (χ2v) is 5.98. The van der Waals surface area contributed by atoms with Gasteiger partial charge in [0.1, 0.15) is 11.4 Å². The number of nitrogens with one attached hydrogen (secondary N) is 1. The van der Waals surface area contributed by atoms with Crippen molar-refractivity contribution in [2.75, 3.05) is 0 Å². The number of aromatic amines is 1. The first kappa shape index (κ1) is 16.7. The highest BCUT2D eigenvalue weighted by molar-refractivity contribution is 6.35. The second-order valence-electron chi connectivity index (χ2n) is 5.58. The zero-order valence-corrected chi connectivity index (χ0v) is 13.6. The molecule has 8 heteroatoms. The summed E-state index contributed by atoms with van der Waals surface area (Å²) in [4.78, 5) is 7.21. The number of hydrogen-bond donors (Lipinski definition) is 1. The number of nitrogens with zero attached hydrogens (tertiary/aromatic N) is 1. The second kappa shape index (κ2) is 5.88. The lowest BCUT2D eigenvalue weighted by molar-refractivity contribution is -0.274.